The standard InChI is InChI=1S/C14H18N2O2S/c1-2-11-3-5-12(6-4-11)15-13(17)14(19)16-7-9-18-10-8-16/h3-6H,2,7-10H2,1H3,(H,15,17). The van der Waals surface area contributed by atoms with Crippen LogP contribution in [0.2, 0.25) is 0 Å². The van der Waals surface area contributed by atoms with E-state index in [-0.39, 0.29) is 5.91 Å². The summed E-state index contributed by atoms with van der Waals surface area (Å²) in [6, 6.07) is 7.82. The molecule has 4 nitrogen and oxygen atoms in total. The van der Waals surface area contributed by atoms with E-state index in [9.17, 15) is 4.79 Å². The van der Waals surface area contributed by atoms with Crippen LogP contribution in [0.3, 0.4) is 0 Å². The molecule has 5 heteroatoms. The number of carbonyl (C=O) groups excluding carboxylic acids is 1. The molecule has 0 radical (unpaired) electrons. The van der Waals surface area contributed by atoms with Crippen molar-refractivity contribution in [1.29, 1.82) is 0 Å². The Labute approximate surface area is 118 Å². The molecule has 0 atom stereocenters. The molecule has 0 bridgehead atoms. The van der Waals surface area contributed by atoms with Crippen LogP contribution < -0.4 is 5.32 Å². The number of amides is 1. The van der Waals surface area contributed by atoms with Gasteiger partial charge in [0, 0.05) is 18.8 Å². The second-order valence-electron chi connectivity index (χ2n) is 4.41. The molecule has 102 valence electrons. The fourth-order valence-corrected chi connectivity index (χ4v) is 2.15. The van der Waals surface area contributed by atoms with E-state index in [4.69, 9.17) is 17.0 Å². The highest BCUT2D eigenvalue weighted by atomic mass is 32.1. The first-order chi connectivity index (χ1) is 9.20. The average molecular weight is 278 g/mol. The minimum Gasteiger partial charge on any atom is -0.378 e. The lowest BCUT2D eigenvalue weighted by molar-refractivity contribution is -0.111. The topological polar surface area (TPSA) is 41.6 Å². The van der Waals surface area contributed by atoms with Crippen LogP contribution in [0, 0.1) is 0 Å². The van der Waals surface area contributed by atoms with E-state index in [0.29, 0.717) is 31.3 Å². The van der Waals surface area contributed by atoms with Crippen LogP contribution in [-0.2, 0) is 16.0 Å². The molecule has 0 unspecified atom stereocenters. The summed E-state index contributed by atoms with van der Waals surface area (Å²) in [5.41, 5.74) is 2.02. The van der Waals surface area contributed by atoms with Crippen LogP contribution in [0.25, 0.3) is 0 Å². The van der Waals surface area contributed by atoms with Gasteiger partial charge in [0.2, 0.25) is 0 Å². The van der Waals surface area contributed by atoms with Crippen LogP contribution in [0.15, 0.2) is 24.3 Å². The van der Waals surface area contributed by atoms with E-state index in [1.165, 1.54) is 5.56 Å². The Balaban J connectivity index is 1.93. The van der Waals surface area contributed by atoms with Gasteiger partial charge in [0.05, 0.1) is 13.2 Å². The average Bonchev–Trinajstić information content (AvgIpc) is 2.48. The number of ether oxygens (including phenoxy) is 1. The molecule has 1 N–H and O–H groups in total. The van der Waals surface area contributed by atoms with Gasteiger partial charge in [0.1, 0.15) is 0 Å². The molecule has 2 rings (SSSR count). The summed E-state index contributed by atoms with van der Waals surface area (Å²) in [6.07, 6.45) is 0.987. The molecule has 19 heavy (non-hydrogen) atoms. The Morgan fingerprint density at radius 2 is 1.95 bits per heavy atom. The molecule has 1 saturated heterocycles. The van der Waals surface area contributed by atoms with Crippen molar-refractivity contribution in [3.63, 3.8) is 0 Å². The van der Waals surface area contributed by atoms with Crippen LogP contribution in [0.4, 0.5) is 5.69 Å². The van der Waals surface area contributed by atoms with Gasteiger partial charge in [0.15, 0.2) is 4.99 Å². The summed E-state index contributed by atoms with van der Waals surface area (Å²) in [5, 5.41) is 2.83. The van der Waals surface area contributed by atoms with Crippen molar-refractivity contribution >= 4 is 28.8 Å². The zero-order valence-corrected chi connectivity index (χ0v) is 11.8. The lowest BCUT2D eigenvalue weighted by Crippen LogP contribution is -2.44. The summed E-state index contributed by atoms with van der Waals surface area (Å²) in [6.45, 7) is 4.71. The van der Waals surface area contributed by atoms with E-state index in [0.717, 1.165) is 12.1 Å². The summed E-state index contributed by atoms with van der Waals surface area (Å²) in [7, 11) is 0. The number of nitrogens with zero attached hydrogens (tertiary/aromatic N) is 1. The quantitative estimate of drug-likeness (QED) is 0.838. The zero-order valence-electron chi connectivity index (χ0n) is 11.0. The van der Waals surface area contributed by atoms with E-state index in [1.54, 1.807) is 0 Å². The lowest BCUT2D eigenvalue weighted by Gasteiger charge is -2.28. The first-order valence-corrected chi connectivity index (χ1v) is 6.88. The molecule has 1 aliphatic heterocycles. The summed E-state index contributed by atoms with van der Waals surface area (Å²) in [5.74, 6) is -0.221. The number of nitrogens with one attached hydrogen (secondary N) is 1. The maximum Gasteiger partial charge on any atom is 0.283 e. The Hall–Kier alpha value is -1.46. The molecular weight excluding hydrogens is 260 g/mol. The number of hydrogen-bond acceptors (Lipinski definition) is 3. The van der Waals surface area contributed by atoms with Gasteiger partial charge >= 0.3 is 0 Å². The minimum absolute atomic E-state index is 0.221. The third-order valence-electron chi connectivity index (χ3n) is 3.11. The molecule has 1 fully saturated rings. The van der Waals surface area contributed by atoms with Gasteiger partial charge in [-0.1, -0.05) is 31.3 Å². The van der Waals surface area contributed by atoms with Gasteiger partial charge in [-0.3, -0.25) is 4.79 Å². The minimum atomic E-state index is -0.221. The van der Waals surface area contributed by atoms with Crippen molar-refractivity contribution in [2.45, 2.75) is 13.3 Å². The summed E-state index contributed by atoms with van der Waals surface area (Å²) < 4.78 is 5.24. The number of aryl methyl sites for hydroxylation is 1. The zero-order chi connectivity index (χ0) is 13.7. The molecule has 1 heterocycles. The number of morpholine rings is 1. The highest BCUT2D eigenvalue weighted by Gasteiger charge is 2.19. The first kappa shape index (κ1) is 14.0. The summed E-state index contributed by atoms with van der Waals surface area (Å²) >= 11 is 5.20. The van der Waals surface area contributed by atoms with Gasteiger partial charge in [-0.05, 0) is 24.1 Å². The fourth-order valence-electron chi connectivity index (χ4n) is 1.92. The van der Waals surface area contributed by atoms with Crippen molar-refractivity contribution in [1.82, 2.24) is 4.90 Å². The van der Waals surface area contributed by atoms with Crippen molar-refractivity contribution in [2.75, 3.05) is 31.6 Å². The van der Waals surface area contributed by atoms with Gasteiger partial charge in [-0.2, -0.15) is 0 Å². The van der Waals surface area contributed by atoms with Crippen molar-refractivity contribution in [3.05, 3.63) is 29.8 Å². The molecule has 0 aromatic heterocycles. The molecule has 0 spiro atoms. The SMILES string of the molecule is CCc1ccc(NC(=O)C(=S)N2CCOCC2)cc1. The van der Waals surface area contributed by atoms with E-state index in [1.807, 2.05) is 29.2 Å². The third-order valence-corrected chi connectivity index (χ3v) is 3.56. The van der Waals surface area contributed by atoms with Crippen LogP contribution in [-0.4, -0.2) is 42.1 Å². The summed E-state index contributed by atoms with van der Waals surface area (Å²) in [4.78, 5) is 14.3. The number of benzene rings is 1. The van der Waals surface area contributed by atoms with Crippen LogP contribution in [0.1, 0.15) is 12.5 Å². The van der Waals surface area contributed by atoms with Gasteiger partial charge in [-0.15, -0.1) is 0 Å². The molecule has 1 aromatic carbocycles. The smallest absolute Gasteiger partial charge is 0.283 e. The largest absolute Gasteiger partial charge is 0.378 e. The monoisotopic (exact) mass is 278 g/mol. The molecule has 1 amide bonds. The normalized spacial score (nSPS) is 15.1. The first-order valence-electron chi connectivity index (χ1n) is 6.47. The molecule has 1 aliphatic rings. The maximum atomic E-state index is 12.0. The fraction of sp³-hybridized carbons (Fsp3) is 0.429. The van der Waals surface area contributed by atoms with E-state index >= 15 is 0 Å². The van der Waals surface area contributed by atoms with Crippen molar-refractivity contribution < 1.29 is 9.53 Å². The number of carbonyl (C=O) groups is 1. The predicted molar refractivity (Wildman–Crippen MR) is 79.4 cm³/mol. The molecule has 0 saturated carbocycles. The molecule has 0 aliphatic carbocycles. The van der Waals surface area contributed by atoms with Crippen molar-refractivity contribution in [2.24, 2.45) is 0 Å². The number of hydrogen-bond donors (Lipinski definition) is 1. The number of thiocarbonyl (C=S) groups is 1. The van der Waals surface area contributed by atoms with E-state index in [2.05, 4.69) is 12.2 Å². The van der Waals surface area contributed by atoms with Crippen LogP contribution in [0.5, 0.6) is 0 Å². The second-order valence-corrected chi connectivity index (χ2v) is 4.80. The number of anilines is 1. The van der Waals surface area contributed by atoms with Gasteiger partial charge in [0.25, 0.3) is 5.91 Å². The second kappa shape index (κ2) is 6.63. The Kier molecular flexibility index (Phi) is 4.87. The highest BCUT2D eigenvalue weighted by Crippen LogP contribution is 2.10. The van der Waals surface area contributed by atoms with Gasteiger partial charge < -0.3 is 15.0 Å². The van der Waals surface area contributed by atoms with Crippen LogP contribution >= 0.6 is 12.2 Å². The predicted octanol–water partition coefficient (Wildman–Crippen LogP) is 1.85. The Morgan fingerprint density at radius 3 is 2.53 bits per heavy atom. The highest BCUT2D eigenvalue weighted by molar-refractivity contribution is 7.82. The lowest BCUT2D eigenvalue weighted by atomic mass is 10.1. The van der Waals surface area contributed by atoms with E-state index < -0.39 is 0 Å². The Morgan fingerprint density at radius 1 is 1.32 bits per heavy atom. The van der Waals surface area contributed by atoms with Crippen molar-refractivity contribution in [3.8, 4) is 0 Å². The molecule has 1 aromatic rings. The maximum absolute atomic E-state index is 12.0. The Bertz CT molecular complexity index is 453. The third kappa shape index (κ3) is 3.75. The van der Waals surface area contributed by atoms with Gasteiger partial charge in [-0.25, -0.2) is 0 Å². The molecular formula is C14H18N2O2S. The number of rotatable bonds is 2.